The third kappa shape index (κ3) is 4.53. The van der Waals surface area contributed by atoms with Crippen molar-refractivity contribution in [2.45, 2.75) is 49.6 Å². The molecule has 3 aliphatic rings. The van der Waals surface area contributed by atoms with Crippen LogP contribution in [-0.2, 0) is 27.8 Å². The van der Waals surface area contributed by atoms with Gasteiger partial charge in [-0.15, -0.1) is 0 Å². The minimum atomic E-state index is -4.90. The lowest BCUT2D eigenvalue weighted by Gasteiger charge is -2.26. The Labute approximate surface area is 233 Å². The zero-order valence-corrected chi connectivity index (χ0v) is 22.3. The molecule has 0 aromatic carbocycles. The van der Waals surface area contributed by atoms with Gasteiger partial charge in [0.25, 0.3) is 5.56 Å². The Hall–Kier alpha value is -3.59. The number of aliphatic hydroxyl groups excluding tert-OH is 2. The third-order valence-corrected chi connectivity index (χ3v) is 8.40. The van der Waals surface area contributed by atoms with Crippen molar-refractivity contribution in [3.8, 4) is 0 Å². The molecule has 0 amide bonds. The van der Waals surface area contributed by atoms with Crippen LogP contribution in [0.25, 0.3) is 22.3 Å². The maximum absolute atomic E-state index is 13.1. The highest BCUT2D eigenvalue weighted by Gasteiger charge is 2.52. The molecule has 2 bridgehead atoms. The number of nitrogens with two attached hydrogens (primary N) is 2. The second kappa shape index (κ2) is 10.0. The van der Waals surface area contributed by atoms with Gasteiger partial charge in [-0.25, -0.2) is 19.5 Å². The molecule has 3 fully saturated rings. The number of nitrogens with one attached hydrogen (secondary N) is 1. The molecule has 3 aliphatic heterocycles. The molecule has 9 atom stereocenters. The Morgan fingerprint density at radius 2 is 1.81 bits per heavy atom. The first-order valence-electron chi connectivity index (χ1n) is 12.7. The lowest BCUT2D eigenvalue weighted by molar-refractivity contribution is -0.178. The summed E-state index contributed by atoms with van der Waals surface area (Å²) in [6, 6.07) is 0. The molecule has 8 N–H and O–H groups in total. The van der Waals surface area contributed by atoms with E-state index < -0.39 is 69.1 Å². The zero-order chi connectivity index (χ0) is 29.3. The maximum atomic E-state index is 13.1. The van der Waals surface area contributed by atoms with E-state index in [-0.39, 0.29) is 36.1 Å². The molecule has 3 saturated heterocycles. The first kappa shape index (κ1) is 27.3. The molecule has 7 heterocycles. The molecular weight excluding hydrogens is 583 g/mol. The number of imidazole rings is 2. The Bertz CT molecular complexity index is 1760. The number of H-pyrrole nitrogens is 1. The molecule has 0 saturated carbocycles. The van der Waals surface area contributed by atoms with Crippen molar-refractivity contribution < 1.29 is 42.9 Å². The van der Waals surface area contributed by atoms with Crippen molar-refractivity contribution in [2.24, 2.45) is 5.92 Å². The Morgan fingerprint density at radius 3 is 2.64 bits per heavy atom. The summed E-state index contributed by atoms with van der Waals surface area (Å²) in [4.78, 5) is 45.6. The summed E-state index contributed by atoms with van der Waals surface area (Å²) in [5.74, 6) is -0.865. The van der Waals surface area contributed by atoms with Gasteiger partial charge in [0.1, 0.15) is 23.8 Å². The van der Waals surface area contributed by atoms with E-state index in [4.69, 9.17) is 34.7 Å². The highest BCUT2D eigenvalue weighted by atomic mass is 31.2. The number of aliphatic hydroxyl groups is 2. The first-order valence-corrected chi connectivity index (χ1v) is 14.2. The van der Waals surface area contributed by atoms with Crippen molar-refractivity contribution in [3.63, 3.8) is 0 Å². The van der Waals surface area contributed by atoms with Gasteiger partial charge in [0.2, 0.25) is 11.9 Å². The summed E-state index contributed by atoms with van der Waals surface area (Å²) in [6.07, 6.45) is -4.58. The van der Waals surface area contributed by atoms with E-state index in [1.807, 2.05) is 0 Å². The van der Waals surface area contributed by atoms with Crippen molar-refractivity contribution in [2.75, 3.05) is 24.7 Å². The van der Waals surface area contributed by atoms with Gasteiger partial charge in [-0.3, -0.25) is 28.0 Å². The molecule has 4 aromatic rings. The third-order valence-electron chi connectivity index (χ3n) is 7.42. The standard InChI is InChI=1S/C21H25N10O10P/c22-20-24-3-8-14(27-20)30(5-25-8)17-11(32)7-1-2-37-19-12(33)13(41-42(35,36)38-4-9(7)39-17)18(40-19)31-6-26-10-15(31)28-21(23)29-16(10)34/h3,5-7,9,11-13,17-19,32-33H,1-2,4H2,(H,35,36)(H2,22,24,27)(H3,23,28,29,34)/t7-,9-,11-,12+,13-,17-,18-,19?/m1/s1. The van der Waals surface area contributed by atoms with Gasteiger partial charge in [0.15, 0.2) is 35.6 Å². The number of hydrogen-bond acceptors (Lipinski definition) is 16. The largest absolute Gasteiger partial charge is 0.472 e. The SMILES string of the molecule is Nc1ncc2ncn([C@@H]3O[C@@H]4COP(=O)(O)O[C@@H]5[C@H](O)C(OCC[C@H]4[C@H]3O)O[C@H]5n3cnc4c(=O)[nH]c(N)nc43)c2n1. The fourth-order valence-electron chi connectivity index (χ4n) is 5.46. The molecule has 21 heteroatoms. The summed E-state index contributed by atoms with van der Waals surface area (Å²) in [5, 5.41) is 22.2. The molecule has 2 unspecified atom stereocenters. The van der Waals surface area contributed by atoms with E-state index in [1.165, 1.54) is 28.0 Å². The smallest absolute Gasteiger partial charge is 0.388 e. The maximum Gasteiger partial charge on any atom is 0.472 e. The predicted octanol–water partition coefficient (Wildman–Crippen LogP) is -1.86. The molecule has 224 valence electrons. The Kier molecular flexibility index (Phi) is 6.49. The molecule has 20 nitrogen and oxygen atoms in total. The predicted molar refractivity (Wildman–Crippen MR) is 137 cm³/mol. The number of nitrogen functional groups attached to an aromatic ring is 2. The number of fused-ring (bicyclic) bond motifs is 5. The van der Waals surface area contributed by atoms with Gasteiger partial charge >= 0.3 is 7.82 Å². The van der Waals surface area contributed by atoms with Gasteiger partial charge in [-0.05, 0) is 6.42 Å². The summed E-state index contributed by atoms with van der Waals surface area (Å²) in [5.41, 5.74) is 11.4. The topological polar surface area (TPSA) is 283 Å². The number of anilines is 2. The fourth-order valence-corrected chi connectivity index (χ4v) is 6.40. The minimum Gasteiger partial charge on any atom is -0.388 e. The highest BCUT2D eigenvalue weighted by Crippen LogP contribution is 2.51. The summed E-state index contributed by atoms with van der Waals surface area (Å²) in [7, 11) is -4.90. The molecule has 0 radical (unpaired) electrons. The molecular formula is C21H25N10O10P. The van der Waals surface area contributed by atoms with E-state index in [0.29, 0.717) is 11.2 Å². The van der Waals surface area contributed by atoms with Crippen molar-refractivity contribution in [3.05, 3.63) is 29.2 Å². The molecule has 7 rings (SSSR count). The summed E-state index contributed by atoms with van der Waals surface area (Å²) in [6.45, 7) is -0.489. The quantitative estimate of drug-likeness (QED) is 0.136. The van der Waals surface area contributed by atoms with Gasteiger partial charge in [-0.2, -0.15) is 9.97 Å². The lowest BCUT2D eigenvalue weighted by atomic mass is 9.95. The number of hydrogen-bond donors (Lipinski definition) is 6. The van der Waals surface area contributed by atoms with Crippen molar-refractivity contribution >= 4 is 42.0 Å². The van der Waals surface area contributed by atoms with Crippen molar-refractivity contribution in [1.29, 1.82) is 0 Å². The van der Waals surface area contributed by atoms with Crippen LogP contribution >= 0.6 is 7.82 Å². The first-order chi connectivity index (χ1) is 20.1. The van der Waals surface area contributed by atoms with Crippen LogP contribution in [0.15, 0.2) is 23.6 Å². The fraction of sp³-hybridized carbons (Fsp3) is 0.524. The normalized spacial score (nSPS) is 35.7. The number of phosphoric acid groups is 1. The molecule has 0 aliphatic carbocycles. The van der Waals surface area contributed by atoms with Gasteiger partial charge < -0.3 is 40.8 Å². The Balaban J connectivity index is 1.17. The summed E-state index contributed by atoms with van der Waals surface area (Å²) < 4.78 is 44.2. The van der Waals surface area contributed by atoms with Crippen molar-refractivity contribution in [1.82, 2.24) is 39.0 Å². The van der Waals surface area contributed by atoms with Crippen LogP contribution in [0.3, 0.4) is 0 Å². The van der Waals surface area contributed by atoms with Crippen LogP contribution in [0.1, 0.15) is 18.9 Å². The van der Waals surface area contributed by atoms with Crippen LogP contribution in [-0.4, -0.2) is 98.1 Å². The van der Waals surface area contributed by atoms with Crippen LogP contribution in [0.5, 0.6) is 0 Å². The highest BCUT2D eigenvalue weighted by molar-refractivity contribution is 7.47. The Morgan fingerprint density at radius 1 is 1.02 bits per heavy atom. The zero-order valence-electron chi connectivity index (χ0n) is 21.4. The van der Waals surface area contributed by atoms with Crippen LogP contribution in [0.2, 0.25) is 0 Å². The van der Waals surface area contributed by atoms with Crippen LogP contribution in [0, 0.1) is 5.92 Å². The number of phosphoric ester groups is 1. The number of nitrogens with zero attached hydrogens (tertiary/aromatic N) is 7. The molecule has 42 heavy (non-hydrogen) atoms. The second-order valence-corrected chi connectivity index (χ2v) is 11.4. The average molecular weight is 608 g/mol. The van der Waals surface area contributed by atoms with E-state index in [0.717, 1.165) is 0 Å². The minimum absolute atomic E-state index is 0.0000140. The van der Waals surface area contributed by atoms with Gasteiger partial charge in [0.05, 0.1) is 38.2 Å². The lowest BCUT2D eigenvalue weighted by Crippen LogP contribution is -2.37. The monoisotopic (exact) mass is 608 g/mol. The molecule has 0 spiro atoms. The van der Waals surface area contributed by atoms with E-state index in [2.05, 4.69) is 29.9 Å². The second-order valence-electron chi connectivity index (χ2n) is 9.96. The van der Waals surface area contributed by atoms with Gasteiger partial charge in [0, 0.05) is 5.92 Å². The number of ether oxygens (including phenoxy) is 3. The average Bonchev–Trinajstić information content (AvgIpc) is 3.68. The van der Waals surface area contributed by atoms with E-state index in [9.17, 15) is 24.5 Å². The van der Waals surface area contributed by atoms with Crippen LogP contribution in [0.4, 0.5) is 11.9 Å². The number of aromatic nitrogens is 8. The number of rotatable bonds is 2. The van der Waals surface area contributed by atoms with Gasteiger partial charge in [-0.1, -0.05) is 0 Å². The number of aromatic amines is 1. The summed E-state index contributed by atoms with van der Waals surface area (Å²) >= 11 is 0. The molecule has 4 aromatic heterocycles. The van der Waals surface area contributed by atoms with E-state index >= 15 is 0 Å². The van der Waals surface area contributed by atoms with E-state index in [1.54, 1.807) is 0 Å². The van der Waals surface area contributed by atoms with Crippen LogP contribution < -0.4 is 17.0 Å².